The highest BCUT2D eigenvalue weighted by Gasteiger charge is 2.06. The topological polar surface area (TPSA) is 53.9 Å². The van der Waals surface area contributed by atoms with Gasteiger partial charge in [0.15, 0.2) is 6.61 Å². The third kappa shape index (κ3) is 7.06. The highest BCUT2D eigenvalue weighted by atomic mass is 35.5. The van der Waals surface area contributed by atoms with E-state index in [1.807, 2.05) is 12.1 Å². The molecule has 0 heterocycles. The standard InChI is InChI=1S/C21H25Cl2N3O2/c1-3-11-26(12-4-2)18-8-5-16(6-9-18)14-24-25-21(27)15-28-20-13-17(22)7-10-19(20)23/h5-10,13-14H,3-4,11-12,15H2,1-2H3,(H,25,27)/b24-14+. The smallest absolute Gasteiger partial charge is 0.277 e. The summed E-state index contributed by atoms with van der Waals surface area (Å²) in [5, 5.41) is 4.84. The van der Waals surface area contributed by atoms with Gasteiger partial charge in [-0.3, -0.25) is 4.79 Å². The summed E-state index contributed by atoms with van der Waals surface area (Å²) in [7, 11) is 0. The van der Waals surface area contributed by atoms with Crippen molar-refractivity contribution in [3.05, 3.63) is 58.1 Å². The first-order valence-electron chi connectivity index (χ1n) is 9.28. The average Bonchev–Trinajstić information content (AvgIpc) is 2.69. The first-order chi connectivity index (χ1) is 13.5. The molecule has 0 radical (unpaired) electrons. The van der Waals surface area contributed by atoms with Crippen molar-refractivity contribution in [2.75, 3.05) is 24.6 Å². The van der Waals surface area contributed by atoms with E-state index in [-0.39, 0.29) is 12.5 Å². The molecule has 0 fully saturated rings. The normalized spacial score (nSPS) is 10.9. The molecule has 0 aliphatic carbocycles. The van der Waals surface area contributed by atoms with Gasteiger partial charge in [-0.2, -0.15) is 5.10 Å². The number of hydrogen-bond donors (Lipinski definition) is 1. The molecule has 2 aromatic carbocycles. The zero-order valence-corrected chi connectivity index (χ0v) is 17.6. The Bertz CT molecular complexity index is 789. The number of carbonyl (C=O) groups excluding carboxylic acids is 1. The van der Waals surface area contributed by atoms with Gasteiger partial charge in [-0.1, -0.05) is 49.2 Å². The van der Waals surface area contributed by atoms with Crippen molar-refractivity contribution in [2.24, 2.45) is 5.10 Å². The fourth-order valence-corrected chi connectivity index (χ4v) is 2.96. The highest BCUT2D eigenvalue weighted by Crippen LogP contribution is 2.27. The Morgan fingerprint density at radius 1 is 1.11 bits per heavy atom. The Kier molecular flexibility index (Phi) is 9.11. The van der Waals surface area contributed by atoms with Gasteiger partial charge < -0.3 is 9.64 Å². The first-order valence-corrected chi connectivity index (χ1v) is 10.0. The zero-order chi connectivity index (χ0) is 20.4. The number of carbonyl (C=O) groups is 1. The number of rotatable bonds is 10. The Morgan fingerprint density at radius 3 is 2.43 bits per heavy atom. The number of anilines is 1. The summed E-state index contributed by atoms with van der Waals surface area (Å²) in [5.41, 5.74) is 4.52. The lowest BCUT2D eigenvalue weighted by Crippen LogP contribution is -2.25. The molecule has 1 amide bonds. The highest BCUT2D eigenvalue weighted by molar-refractivity contribution is 6.34. The number of ether oxygens (including phenoxy) is 1. The number of amides is 1. The zero-order valence-electron chi connectivity index (χ0n) is 16.1. The van der Waals surface area contributed by atoms with E-state index in [4.69, 9.17) is 27.9 Å². The summed E-state index contributed by atoms with van der Waals surface area (Å²) in [5.74, 6) is -0.0337. The lowest BCUT2D eigenvalue weighted by molar-refractivity contribution is -0.123. The lowest BCUT2D eigenvalue weighted by Gasteiger charge is -2.23. The molecule has 0 saturated heterocycles. The quantitative estimate of drug-likeness (QED) is 0.426. The van der Waals surface area contributed by atoms with Gasteiger partial charge in [0.2, 0.25) is 0 Å². The Balaban J connectivity index is 1.84. The molecule has 0 saturated carbocycles. The second kappa shape index (κ2) is 11.6. The Hall–Kier alpha value is -2.24. The average molecular weight is 422 g/mol. The number of nitrogens with zero attached hydrogens (tertiary/aromatic N) is 2. The molecular weight excluding hydrogens is 397 g/mol. The van der Waals surface area contributed by atoms with Gasteiger partial charge in [-0.15, -0.1) is 0 Å². The molecule has 2 aromatic rings. The van der Waals surface area contributed by atoms with E-state index in [1.54, 1.807) is 24.4 Å². The van der Waals surface area contributed by atoms with Gasteiger partial charge in [-0.25, -0.2) is 5.43 Å². The molecule has 0 aliphatic rings. The molecule has 0 aliphatic heterocycles. The maximum atomic E-state index is 11.9. The number of nitrogens with one attached hydrogen (secondary N) is 1. The van der Waals surface area contributed by atoms with Crippen LogP contribution in [0.3, 0.4) is 0 Å². The minimum absolute atomic E-state index is 0.209. The summed E-state index contributed by atoms with van der Waals surface area (Å²) < 4.78 is 5.36. The minimum Gasteiger partial charge on any atom is -0.482 e. The van der Waals surface area contributed by atoms with Gasteiger partial charge in [0, 0.05) is 29.9 Å². The summed E-state index contributed by atoms with van der Waals surface area (Å²) >= 11 is 11.9. The second-order valence-corrected chi connectivity index (χ2v) is 7.08. The molecule has 150 valence electrons. The van der Waals surface area contributed by atoms with Crippen molar-refractivity contribution in [3.63, 3.8) is 0 Å². The van der Waals surface area contributed by atoms with Crippen LogP contribution in [0.2, 0.25) is 10.0 Å². The molecule has 5 nitrogen and oxygen atoms in total. The van der Waals surface area contributed by atoms with Crippen molar-refractivity contribution in [1.82, 2.24) is 5.43 Å². The maximum absolute atomic E-state index is 11.9. The van der Waals surface area contributed by atoms with Gasteiger partial charge >= 0.3 is 0 Å². The van der Waals surface area contributed by atoms with Gasteiger partial charge in [0.05, 0.1) is 11.2 Å². The van der Waals surface area contributed by atoms with Crippen LogP contribution < -0.4 is 15.1 Å². The van der Waals surface area contributed by atoms with Gasteiger partial charge in [0.1, 0.15) is 5.75 Å². The van der Waals surface area contributed by atoms with Crippen molar-refractivity contribution in [1.29, 1.82) is 0 Å². The first kappa shape index (κ1) is 22.1. The summed E-state index contributed by atoms with van der Waals surface area (Å²) in [6.07, 6.45) is 3.81. The van der Waals surface area contributed by atoms with Crippen molar-refractivity contribution < 1.29 is 9.53 Å². The molecule has 1 N–H and O–H groups in total. The van der Waals surface area contributed by atoms with Crippen LogP contribution in [0.1, 0.15) is 32.3 Å². The maximum Gasteiger partial charge on any atom is 0.277 e. The van der Waals surface area contributed by atoms with E-state index in [0.717, 1.165) is 31.5 Å². The molecule has 0 atom stereocenters. The predicted molar refractivity (Wildman–Crippen MR) is 117 cm³/mol. The molecule has 0 spiro atoms. The number of hydrazone groups is 1. The molecule has 0 aromatic heterocycles. The van der Waals surface area contributed by atoms with Crippen LogP contribution in [-0.4, -0.2) is 31.8 Å². The summed E-state index contributed by atoms with van der Waals surface area (Å²) in [4.78, 5) is 14.2. The molecule has 2 rings (SSSR count). The van der Waals surface area contributed by atoms with Crippen LogP contribution in [0.15, 0.2) is 47.6 Å². The van der Waals surface area contributed by atoms with Crippen LogP contribution in [-0.2, 0) is 4.79 Å². The van der Waals surface area contributed by atoms with E-state index in [0.29, 0.717) is 15.8 Å². The number of hydrogen-bond acceptors (Lipinski definition) is 4. The van der Waals surface area contributed by atoms with E-state index in [1.165, 1.54) is 5.69 Å². The van der Waals surface area contributed by atoms with E-state index < -0.39 is 0 Å². The van der Waals surface area contributed by atoms with Crippen molar-refractivity contribution >= 4 is 41.0 Å². The Labute approximate surface area is 176 Å². The SMILES string of the molecule is CCCN(CCC)c1ccc(/C=N/NC(=O)COc2cc(Cl)ccc2Cl)cc1. The fraction of sp³-hybridized carbons (Fsp3) is 0.333. The third-order valence-corrected chi connectivity index (χ3v) is 4.45. The van der Waals surface area contributed by atoms with E-state index in [2.05, 4.69) is 41.4 Å². The van der Waals surface area contributed by atoms with Gasteiger partial charge in [-0.05, 0) is 42.7 Å². The van der Waals surface area contributed by atoms with E-state index >= 15 is 0 Å². The van der Waals surface area contributed by atoms with Crippen LogP contribution in [0.25, 0.3) is 0 Å². The van der Waals surface area contributed by atoms with E-state index in [9.17, 15) is 4.79 Å². The molecule has 0 bridgehead atoms. The molecular formula is C21H25Cl2N3O2. The summed E-state index contributed by atoms with van der Waals surface area (Å²) in [6.45, 7) is 6.22. The lowest BCUT2D eigenvalue weighted by atomic mass is 10.2. The van der Waals surface area contributed by atoms with Crippen molar-refractivity contribution in [2.45, 2.75) is 26.7 Å². The largest absolute Gasteiger partial charge is 0.482 e. The number of halogens is 2. The predicted octanol–water partition coefficient (Wildman–Crippen LogP) is 5.15. The minimum atomic E-state index is -0.388. The summed E-state index contributed by atoms with van der Waals surface area (Å²) in [6, 6.07) is 12.9. The van der Waals surface area contributed by atoms with Crippen LogP contribution in [0.5, 0.6) is 5.75 Å². The Morgan fingerprint density at radius 2 is 1.79 bits per heavy atom. The second-order valence-electron chi connectivity index (χ2n) is 6.24. The van der Waals surface area contributed by atoms with Gasteiger partial charge in [0.25, 0.3) is 5.91 Å². The van der Waals surface area contributed by atoms with Crippen LogP contribution in [0.4, 0.5) is 5.69 Å². The monoisotopic (exact) mass is 421 g/mol. The molecule has 0 unspecified atom stereocenters. The fourth-order valence-electron chi connectivity index (χ4n) is 2.62. The molecule has 7 heteroatoms. The molecule has 28 heavy (non-hydrogen) atoms. The third-order valence-electron chi connectivity index (χ3n) is 3.90. The van der Waals surface area contributed by atoms with Crippen molar-refractivity contribution in [3.8, 4) is 5.75 Å². The van der Waals surface area contributed by atoms with Crippen LogP contribution in [0, 0.1) is 0 Å². The number of benzene rings is 2. The van der Waals surface area contributed by atoms with Crippen LogP contribution >= 0.6 is 23.2 Å².